The average molecular weight is 461 g/mol. The third-order valence-corrected chi connectivity index (χ3v) is 8.00. The van der Waals surface area contributed by atoms with Crippen LogP contribution in [0.4, 0.5) is 10.1 Å². The molecule has 0 bridgehead atoms. The van der Waals surface area contributed by atoms with Crippen molar-refractivity contribution in [3.8, 4) is 0 Å². The summed E-state index contributed by atoms with van der Waals surface area (Å²) >= 11 is 1.54. The Morgan fingerprint density at radius 1 is 1.06 bits per heavy atom. The number of nitrogens with zero attached hydrogens (tertiary/aromatic N) is 2. The number of halogens is 1. The van der Waals surface area contributed by atoms with Crippen LogP contribution in [0.2, 0.25) is 0 Å². The highest BCUT2D eigenvalue weighted by Crippen LogP contribution is 2.28. The van der Waals surface area contributed by atoms with Gasteiger partial charge in [-0.05, 0) is 60.3 Å². The Morgan fingerprint density at radius 3 is 2.42 bits per heavy atom. The first-order valence-electron chi connectivity index (χ1n) is 10.1. The molecule has 164 valence electrons. The lowest BCUT2D eigenvalue weighted by Crippen LogP contribution is -2.35. The number of rotatable bonds is 7. The van der Waals surface area contributed by atoms with Crippen LogP contribution in [0.3, 0.4) is 0 Å². The van der Waals surface area contributed by atoms with Crippen molar-refractivity contribution in [2.75, 3.05) is 30.6 Å². The molecule has 0 amide bonds. The van der Waals surface area contributed by atoms with Crippen LogP contribution in [0.25, 0.3) is 0 Å². The lowest BCUT2D eigenvalue weighted by atomic mass is 10.2. The van der Waals surface area contributed by atoms with Crippen LogP contribution in [0.5, 0.6) is 0 Å². The second kappa shape index (κ2) is 9.48. The second-order valence-electron chi connectivity index (χ2n) is 7.61. The molecule has 1 saturated heterocycles. The van der Waals surface area contributed by atoms with E-state index in [1.165, 1.54) is 39.9 Å². The summed E-state index contributed by atoms with van der Waals surface area (Å²) in [6.07, 6.45) is 0. The first-order valence-corrected chi connectivity index (χ1v) is 12.5. The Balaban J connectivity index is 1.61. The zero-order chi connectivity index (χ0) is 21.8. The number of benzene rings is 2. The third kappa shape index (κ3) is 5.33. The Morgan fingerprint density at radius 2 is 1.74 bits per heavy atom. The molecule has 2 heterocycles. The molecule has 5 nitrogen and oxygen atoms in total. The molecule has 4 rings (SSSR count). The maximum atomic E-state index is 13.5. The van der Waals surface area contributed by atoms with Gasteiger partial charge in [-0.15, -0.1) is 11.3 Å². The van der Waals surface area contributed by atoms with Crippen molar-refractivity contribution >= 4 is 27.0 Å². The van der Waals surface area contributed by atoms with Crippen molar-refractivity contribution in [1.82, 2.24) is 4.90 Å². The maximum Gasteiger partial charge on any atom is 0.264 e. The van der Waals surface area contributed by atoms with Crippen LogP contribution in [-0.2, 0) is 27.8 Å². The minimum atomic E-state index is -3.81. The molecular formula is C23H25FN2O3S2. The largest absolute Gasteiger partial charge is 0.379 e. The van der Waals surface area contributed by atoms with Crippen molar-refractivity contribution < 1.29 is 17.5 Å². The summed E-state index contributed by atoms with van der Waals surface area (Å²) in [5, 5.41) is 2.08. The standard InChI is InChI=1S/C23H25FN2O3S2/c1-18-2-8-23(9-3-18)31(27,28)26(21-6-4-20(24)5-7-21)16-22-14-19(17-30-22)15-25-10-12-29-13-11-25/h2-9,14,17H,10-13,15-16H2,1H3. The van der Waals surface area contributed by atoms with Crippen molar-refractivity contribution in [3.63, 3.8) is 0 Å². The Hall–Kier alpha value is -2.26. The molecule has 1 aromatic heterocycles. The van der Waals surface area contributed by atoms with Crippen LogP contribution >= 0.6 is 11.3 Å². The molecule has 0 saturated carbocycles. The fourth-order valence-corrected chi connectivity index (χ4v) is 5.90. The molecule has 2 aromatic carbocycles. The highest BCUT2D eigenvalue weighted by Gasteiger charge is 2.26. The summed E-state index contributed by atoms with van der Waals surface area (Å²) in [5.74, 6) is -0.402. The highest BCUT2D eigenvalue weighted by molar-refractivity contribution is 7.92. The third-order valence-electron chi connectivity index (χ3n) is 5.24. The molecule has 0 unspecified atom stereocenters. The molecule has 0 atom stereocenters. The molecule has 1 aliphatic rings. The van der Waals surface area contributed by atoms with E-state index in [0.29, 0.717) is 5.69 Å². The topological polar surface area (TPSA) is 49.9 Å². The number of anilines is 1. The van der Waals surface area contributed by atoms with Crippen molar-refractivity contribution in [2.45, 2.75) is 24.9 Å². The van der Waals surface area contributed by atoms with E-state index < -0.39 is 15.8 Å². The van der Waals surface area contributed by atoms with Gasteiger partial charge in [-0.2, -0.15) is 0 Å². The molecule has 31 heavy (non-hydrogen) atoms. The van der Waals surface area contributed by atoms with Gasteiger partial charge in [0.1, 0.15) is 5.82 Å². The Labute approximate surface area is 186 Å². The smallest absolute Gasteiger partial charge is 0.264 e. The van der Waals surface area contributed by atoms with Gasteiger partial charge in [0.05, 0.1) is 30.3 Å². The van der Waals surface area contributed by atoms with Crippen LogP contribution in [0.1, 0.15) is 16.0 Å². The number of thiophene rings is 1. The van der Waals surface area contributed by atoms with E-state index in [2.05, 4.69) is 16.3 Å². The normalized spacial score (nSPS) is 15.2. The predicted octanol–water partition coefficient (Wildman–Crippen LogP) is 4.42. The molecule has 0 spiro atoms. The minimum Gasteiger partial charge on any atom is -0.379 e. The summed E-state index contributed by atoms with van der Waals surface area (Å²) in [6.45, 7) is 6.20. The minimum absolute atomic E-state index is 0.190. The summed E-state index contributed by atoms with van der Waals surface area (Å²) in [4.78, 5) is 3.48. The average Bonchev–Trinajstić information content (AvgIpc) is 3.21. The van der Waals surface area contributed by atoms with Gasteiger partial charge in [-0.3, -0.25) is 9.21 Å². The van der Waals surface area contributed by atoms with Gasteiger partial charge in [0.25, 0.3) is 10.0 Å². The summed E-state index contributed by atoms with van der Waals surface area (Å²) in [6, 6.07) is 14.4. The molecule has 1 fully saturated rings. The quantitative estimate of drug-likeness (QED) is 0.524. The monoisotopic (exact) mass is 460 g/mol. The van der Waals surface area contributed by atoms with Crippen LogP contribution in [0.15, 0.2) is 64.9 Å². The van der Waals surface area contributed by atoms with Crippen molar-refractivity contribution in [2.24, 2.45) is 0 Å². The Kier molecular flexibility index (Phi) is 6.71. The van der Waals surface area contributed by atoms with Gasteiger partial charge >= 0.3 is 0 Å². The second-order valence-corrected chi connectivity index (χ2v) is 10.5. The van der Waals surface area contributed by atoms with E-state index in [1.807, 2.05) is 6.92 Å². The van der Waals surface area contributed by atoms with Gasteiger partial charge in [-0.25, -0.2) is 12.8 Å². The number of aryl methyl sites for hydroxylation is 1. The van der Waals surface area contributed by atoms with E-state index in [-0.39, 0.29) is 11.4 Å². The zero-order valence-corrected chi connectivity index (χ0v) is 19.0. The molecule has 0 aliphatic carbocycles. The van der Waals surface area contributed by atoms with E-state index in [0.717, 1.165) is 48.9 Å². The van der Waals surface area contributed by atoms with Gasteiger partial charge in [0.2, 0.25) is 0 Å². The molecule has 1 aliphatic heterocycles. The molecule has 0 radical (unpaired) electrons. The maximum absolute atomic E-state index is 13.5. The fourth-order valence-electron chi connectivity index (χ4n) is 3.51. The van der Waals surface area contributed by atoms with Gasteiger partial charge < -0.3 is 4.74 Å². The fraction of sp³-hybridized carbons (Fsp3) is 0.304. The lowest BCUT2D eigenvalue weighted by molar-refractivity contribution is 0.0342. The summed E-state index contributed by atoms with van der Waals surface area (Å²) in [7, 11) is -3.81. The van der Waals surface area contributed by atoms with Crippen LogP contribution in [0, 0.1) is 12.7 Å². The zero-order valence-electron chi connectivity index (χ0n) is 17.3. The Bertz CT molecular complexity index is 1110. The van der Waals surface area contributed by atoms with E-state index >= 15 is 0 Å². The van der Waals surface area contributed by atoms with Crippen molar-refractivity contribution in [1.29, 1.82) is 0 Å². The summed E-state index contributed by atoms with van der Waals surface area (Å²) < 4.78 is 47.2. The van der Waals surface area contributed by atoms with E-state index in [4.69, 9.17) is 4.74 Å². The molecular weight excluding hydrogens is 435 g/mol. The molecule has 0 N–H and O–H groups in total. The highest BCUT2D eigenvalue weighted by atomic mass is 32.2. The SMILES string of the molecule is Cc1ccc(S(=O)(=O)N(Cc2cc(CN3CCOCC3)cs2)c2ccc(F)cc2)cc1. The van der Waals surface area contributed by atoms with Crippen molar-refractivity contribution in [3.05, 3.63) is 81.8 Å². The first-order chi connectivity index (χ1) is 14.9. The van der Waals surface area contributed by atoms with Gasteiger partial charge in [-0.1, -0.05) is 17.7 Å². The summed E-state index contributed by atoms with van der Waals surface area (Å²) in [5.41, 5.74) is 2.58. The number of morpholine rings is 1. The van der Waals surface area contributed by atoms with Crippen LogP contribution < -0.4 is 4.31 Å². The van der Waals surface area contributed by atoms with Gasteiger partial charge in [0, 0.05) is 24.5 Å². The number of hydrogen-bond donors (Lipinski definition) is 0. The molecule has 8 heteroatoms. The van der Waals surface area contributed by atoms with E-state index in [9.17, 15) is 12.8 Å². The van der Waals surface area contributed by atoms with Gasteiger partial charge in [0.15, 0.2) is 0 Å². The van der Waals surface area contributed by atoms with Crippen LogP contribution in [-0.4, -0.2) is 39.6 Å². The van der Waals surface area contributed by atoms with E-state index in [1.54, 1.807) is 24.3 Å². The molecule has 3 aromatic rings. The first kappa shape index (κ1) is 22.0. The number of sulfonamides is 1. The lowest BCUT2D eigenvalue weighted by Gasteiger charge is -2.26. The number of hydrogen-bond acceptors (Lipinski definition) is 5. The predicted molar refractivity (Wildman–Crippen MR) is 121 cm³/mol. The number of ether oxygens (including phenoxy) is 1.